The van der Waals surface area contributed by atoms with Crippen LogP contribution in [0, 0.1) is 13.8 Å². The molecule has 0 aliphatic carbocycles. The first-order valence-corrected chi connectivity index (χ1v) is 6.77. The molecule has 0 unspecified atom stereocenters. The van der Waals surface area contributed by atoms with Gasteiger partial charge < -0.3 is 11.1 Å². The highest BCUT2D eigenvalue weighted by molar-refractivity contribution is 5.92. The lowest BCUT2D eigenvalue weighted by molar-refractivity contribution is 0.585. The topological polar surface area (TPSA) is 68.2 Å². The van der Waals surface area contributed by atoms with Crippen LogP contribution in [-0.2, 0) is 6.54 Å². The van der Waals surface area contributed by atoms with Crippen LogP contribution < -0.4 is 11.1 Å². The average molecular weight is 271 g/mol. The molecule has 0 saturated heterocycles. The van der Waals surface area contributed by atoms with Gasteiger partial charge in [-0.1, -0.05) is 6.07 Å². The van der Waals surface area contributed by atoms with E-state index in [1.165, 1.54) is 11.1 Å². The SMILES string of the molecule is Cc1ccc(NC(N)=NCCCn2cccn2)cc1C. The van der Waals surface area contributed by atoms with Crippen molar-refractivity contribution in [3.05, 3.63) is 47.8 Å². The number of hydrogen-bond donors (Lipinski definition) is 2. The Kier molecular flexibility index (Phi) is 4.76. The van der Waals surface area contributed by atoms with E-state index in [1.54, 1.807) is 6.20 Å². The van der Waals surface area contributed by atoms with E-state index in [0.717, 1.165) is 18.7 Å². The molecular formula is C15H21N5. The van der Waals surface area contributed by atoms with Gasteiger partial charge >= 0.3 is 0 Å². The van der Waals surface area contributed by atoms with Crippen molar-refractivity contribution in [3.63, 3.8) is 0 Å². The van der Waals surface area contributed by atoms with Gasteiger partial charge in [0.25, 0.3) is 0 Å². The quantitative estimate of drug-likeness (QED) is 0.498. The largest absolute Gasteiger partial charge is 0.370 e. The first-order valence-electron chi connectivity index (χ1n) is 6.77. The summed E-state index contributed by atoms with van der Waals surface area (Å²) in [6, 6.07) is 8.07. The van der Waals surface area contributed by atoms with Crippen molar-refractivity contribution in [1.29, 1.82) is 0 Å². The molecule has 0 amide bonds. The molecule has 5 heteroatoms. The van der Waals surface area contributed by atoms with E-state index in [0.29, 0.717) is 12.5 Å². The molecule has 0 saturated carbocycles. The molecule has 3 N–H and O–H groups in total. The Morgan fingerprint density at radius 2 is 2.20 bits per heavy atom. The highest BCUT2D eigenvalue weighted by Crippen LogP contribution is 2.13. The zero-order valence-corrected chi connectivity index (χ0v) is 12.0. The summed E-state index contributed by atoms with van der Waals surface area (Å²) >= 11 is 0. The van der Waals surface area contributed by atoms with Crippen molar-refractivity contribution >= 4 is 11.6 Å². The molecule has 0 radical (unpaired) electrons. The summed E-state index contributed by atoms with van der Waals surface area (Å²) in [7, 11) is 0. The van der Waals surface area contributed by atoms with Gasteiger partial charge in [0, 0.05) is 31.2 Å². The molecule has 1 aromatic heterocycles. The van der Waals surface area contributed by atoms with E-state index in [1.807, 2.05) is 23.0 Å². The van der Waals surface area contributed by atoms with Crippen LogP contribution in [0.4, 0.5) is 5.69 Å². The van der Waals surface area contributed by atoms with Crippen LogP contribution in [0.1, 0.15) is 17.5 Å². The third-order valence-corrected chi connectivity index (χ3v) is 3.17. The summed E-state index contributed by atoms with van der Waals surface area (Å²) in [4.78, 5) is 4.31. The van der Waals surface area contributed by atoms with E-state index in [2.05, 4.69) is 41.4 Å². The van der Waals surface area contributed by atoms with Crippen LogP contribution in [0.5, 0.6) is 0 Å². The number of nitrogens with two attached hydrogens (primary N) is 1. The molecule has 1 heterocycles. The molecule has 2 rings (SSSR count). The molecule has 0 atom stereocenters. The minimum atomic E-state index is 0.453. The zero-order valence-electron chi connectivity index (χ0n) is 12.0. The maximum Gasteiger partial charge on any atom is 0.193 e. The Balaban J connectivity index is 1.79. The van der Waals surface area contributed by atoms with Crippen LogP contribution in [-0.4, -0.2) is 22.3 Å². The molecule has 5 nitrogen and oxygen atoms in total. The Labute approximate surface area is 119 Å². The van der Waals surface area contributed by atoms with Crippen molar-refractivity contribution in [2.24, 2.45) is 10.7 Å². The third-order valence-electron chi connectivity index (χ3n) is 3.17. The number of nitrogens with one attached hydrogen (secondary N) is 1. The summed E-state index contributed by atoms with van der Waals surface area (Å²) < 4.78 is 1.89. The summed E-state index contributed by atoms with van der Waals surface area (Å²) in [6.07, 6.45) is 4.64. The van der Waals surface area contributed by atoms with E-state index >= 15 is 0 Å². The second-order valence-corrected chi connectivity index (χ2v) is 4.81. The minimum Gasteiger partial charge on any atom is -0.370 e. The van der Waals surface area contributed by atoms with Gasteiger partial charge in [0.05, 0.1) is 0 Å². The molecule has 0 spiro atoms. The van der Waals surface area contributed by atoms with Crippen molar-refractivity contribution in [2.45, 2.75) is 26.8 Å². The van der Waals surface area contributed by atoms with Crippen molar-refractivity contribution in [1.82, 2.24) is 9.78 Å². The number of nitrogens with zero attached hydrogens (tertiary/aromatic N) is 3. The highest BCUT2D eigenvalue weighted by Gasteiger charge is 1.98. The Morgan fingerprint density at radius 3 is 2.90 bits per heavy atom. The van der Waals surface area contributed by atoms with E-state index in [4.69, 9.17) is 5.73 Å². The lowest BCUT2D eigenvalue weighted by Gasteiger charge is -2.08. The second-order valence-electron chi connectivity index (χ2n) is 4.81. The molecule has 0 bridgehead atoms. The van der Waals surface area contributed by atoms with Crippen molar-refractivity contribution < 1.29 is 0 Å². The molecule has 2 aromatic rings. The molecule has 0 fully saturated rings. The molecule has 20 heavy (non-hydrogen) atoms. The second kappa shape index (κ2) is 6.75. The first kappa shape index (κ1) is 14.1. The highest BCUT2D eigenvalue weighted by atomic mass is 15.3. The number of benzene rings is 1. The van der Waals surface area contributed by atoms with Gasteiger partial charge in [0.1, 0.15) is 0 Å². The van der Waals surface area contributed by atoms with Gasteiger partial charge in [0.15, 0.2) is 5.96 Å². The summed E-state index contributed by atoms with van der Waals surface area (Å²) in [5.41, 5.74) is 9.35. The first-order chi connectivity index (χ1) is 9.65. The smallest absolute Gasteiger partial charge is 0.193 e. The number of hydrogen-bond acceptors (Lipinski definition) is 2. The summed E-state index contributed by atoms with van der Waals surface area (Å²) in [5.74, 6) is 0.453. The Hall–Kier alpha value is -2.30. The lowest BCUT2D eigenvalue weighted by Crippen LogP contribution is -2.23. The molecule has 1 aromatic carbocycles. The fourth-order valence-corrected chi connectivity index (χ4v) is 1.87. The number of aryl methyl sites for hydroxylation is 3. The summed E-state index contributed by atoms with van der Waals surface area (Å²) in [6.45, 7) is 5.71. The third kappa shape index (κ3) is 4.12. The van der Waals surface area contributed by atoms with Gasteiger partial charge in [-0.05, 0) is 49.6 Å². The van der Waals surface area contributed by atoms with E-state index < -0.39 is 0 Å². The van der Waals surface area contributed by atoms with E-state index in [-0.39, 0.29) is 0 Å². The van der Waals surface area contributed by atoms with E-state index in [9.17, 15) is 0 Å². The maximum atomic E-state index is 5.87. The Bertz CT molecular complexity index is 572. The predicted octanol–water partition coefficient (Wildman–Crippen LogP) is 2.32. The minimum absolute atomic E-state index is 0.453. The van der Waals surface area contributed by atoms with Crippen LogP contribution in [0.25, 0.3) is 0 Å². The van der Waals surface area contributed by atoms with Crippen molar-refractivity contribution in [3.8, 4) is 0 Å². The lowest BCUT2D eigenvalue weighted by atomic mass is 10.1. The van der Waals surface area contributed by atoms with Crippen LogP contribution in [0.3, 0.4) is 0 Å². The van der Waals surface area contributed by atoms with Gasteiger partial charge in [-0.25, -0.2) is 0 Å². The van der Waals surface area contributed by atoms with Crippen molar-refractivity contribution in [2.75, 3.05) is 11.9 Å². The van der Waals surface area contributed by atoms with Crippen LogP contribution in [0.2, 0.25) is 0 Å². The number of aromatic nitrogens is 2. The van der Waals surface area contributed by atoms with Crippen LogP contribution >= 0.6 is 0 Å². The molecule has 0 aliphatic heterocycles. The number of guanidine groups is 1. The monoisotopic (exact) mass is 271 g/mol. The van der Waals surface area contributed by atoms with Gasteiger partial charge in [-0.2, -0.15) is 5.10 Å². The predicted molar refractivity (Wildman–Crippen MR) is 82.9 cm³/mol. The van der Waals surface area contributed by atoms with Crippen LogP contribution in [0.15, 0.2) is 41.7 Å². The number of rotatable bonds is 5. The average Bonchev–Trinajstić information content (AvgIpc) is 2.92. The Morgan fingerprint density at radius 1 is 1.35 bits per heavy atom. The van der Waals surface area contributed by atoms with Gasteiger partial charge in [0.2, 0.25) is 0 Å². The standard InChI is InChI=1S/C15H21N5/c1-12-5-6-14(11-13(12)2)19-15(16)17-7-3-9-20-10-4-8-18-20/h4-6,8,10-11H,3,7,9H2,1-2H3,(H3,16,17,19). The molecule has 106 valence electrons. The number of anilines is 1. The molecule has 0 aliphatic rings. The van der Waals surface area contributed by atoms with Gasteiger partial charge in [-0.15, -0.1) is 0 Å². The normalized spacial score (nSPS) is 11.6. The summed E-state index contributed by atoms with van der Waals surface area (Å²) in [5, 5.41) is 7.25. The fraction of sp³-hybridized carbons (Fsp3) is 0.333. The maximum absolute atomic E-state index is 5.87. The zero-order chi connectivity index (χ0) is 14.4. The van der Waals surface area contributed by atoms with Gasteiger partial charge in [-0.3, -0.25) is 9.67 Å². The number of aliphatic imine (C=N–C) groups is 1. The molecular weight excluding hydrogens is 250 g/mol. The fourth-order valence-electron chi connectivity index (χ4n) is 1.87.